The molecule has 2 aromatic carbocycles. The first-order chi connectivity index (χ1) is 10.7. The lowest BCUT2D eigenvalue weighted by molar-refractivity contribution is -0.113. The summed E-state index contributed by atoms with van der Waals surface area (Å²) in [5, 5.41) is 2.99. The number of thioether (sulfide) groups is 1. The van der Waals surface area contributed by atoms with Gasteiger partial charge in [-0.2, -0.15) is 0 Å². The minimum Gasteiger partial charge on any atom is -0.497 e. The Labute approximate surface area is 136 Å². The number of methoxy groups -OCH3 is 1. The highest BCUT2D eigenvalue weighted by molar-refractivity contribution is 7.99. The van der Waals surface area contributed by atoms with Crippen molar-refractivity contribution in [3.63, 3.8) is 0 Å². The van der Waals surface area contributed by atoms with Crippen molar-refractivity contribution in [2.24, 2.45) is 0 Å². The van der Waals surface area contributed by atoms with E-state index < -0.39 is 0 Å². The Balaban J connectivity index is 1.80. The molecule has 0 heterocycles. The predicted molar refractivity (Wildman–Crippen MR) is 93.6 cm³/mol. The maximum absolute atomic E-state index is 12.0. The van der Waals surface area contributed by atoms with E-state index in [0.717, 1.165) is 29.2 Å². The van der Waals surface area contributed by atoms with Crippen LogP contribution in [0.15, 0.2) is 48.5 Å². The fourth-order valence-corrected chi connectivity index (χ4v) is 2.91. The van der Waals surface area contributed by atoms with E-state index in [1.807, 2.05) is 48.5 Å². The molecule has 0 atom stereocenters. The topological polar surface area (TPSA) is 38.3 Å². The van der Waals surface area contributed by atoms with E-state index in [1.54, 1.807) is 18.9 Å². The summed E-state index contributed by atoms with van der Waals surface area (Å²) >= 11 is 1.61. The Kier molecular flexibility index (Phi) is 6.34. The van der Waals surface area contributed by atoms with Gasteiger partial charge in [0.25, 0.3) is 0 Å². The number of hydrogen-bond acceptors (Lipinski definition) is 3. The Hall–Kier alpha value is -1.94. The molecule has 0 unspecified atom stereocenters. The Morgan fingerprint density at radius 3 is 2.55 bits per heavy atom. The first-order valence-corrected chi connectivity index (χ1v) is 8.47. The van der Waals surface area contributed by atoms with Crippen molar-refractivity contribution in [2.75, 3.05) is 18.2 Å². The van der Waals surface area contributed by atoms with Gasteiger partial charge in [0.2, 0.25) is 5.91 Å². The molecule has 0 bridgehead atoms. The number of carbonyl (C=O) groups is 1. The van der Waals surface area contributed by atoms with Crippen molar-refractivity contribution in [1.82, 2.24) is 0 Å². The standard InChI is InChI=1S/C18H21NO2S/c1-3-15-6-4-5-7-17(15)19-18(20)13-22-12-14-8-10-16(21-2)11-9-14/h4-11H,3,12-13H2,1-2H3,(H,19,20). The van der Waals surface area contributed by atoms with Crippen molar-refractivity contribution in [1.29, 1.82) is 0 Å². The first kappa shape index (κ1) is 16.4. The smallest absolute Gasteiger partial charge is 0.234 e. The summed E-state index contributed by atoms with van der Waals surface area (Å²) in [5.41, 5.74) is 3.27. The van der Waals surface area contributed by atoms with Crippen LogP contribution in [0, 0.1) is 0 Å². The number of amides is 1. The SMILES string of the molecule is CCc1ccccc1NC(=O)CSCc1ccc(OC)cc1. The van der Waals surface area contributed by atoms with E-state index in [4.69, 9.17) is 4.74 Å². The second kappa shape index (κ2) is 8.49. The Bertz CT molecular complexity index is 611. The Morgan fingerprint density at radius 2 is 1.86 bits per heavy atom. The van der Waals surface area contributed by atoms with Crippen molar-refractivity contribution in [2.45, 2.75) is 19.1 Å². The first-order valence-electron chi connectivity index (χ1n) is 7.31. The number of hydrogen-bond donors (Lipinski definition) is 1. The van der Waals surface area contributed by atoms with E-state index >= 15 is 0 Å². The molecule has 0 aromatic heterocycles. The summed E-state index contributed by atoms with van der Waals surface area (Å²) in [6.45, 7) is 2.09. The molecule has 0 fully saturated rings. The quantitative estimate of drug-likeness (QED) is 0.835. The molecule has 4 heteroatoms. The van der Waals surface area contributed by atoms with Gasteiger partial charge in [-0.1, -0.05) is 37.3 Å². The van der Waals surface area contributed by atoms with E-state index in [2.05, 4.69) is 12.2 Å². The van der Waals surface area contributed by atoms with Gasteiger partial charge in [0.1, 0.15) is 5.75 Å². The van der Waals surface area contributed by atoms with Crippen molar-refractivity contribution < 1.29 is 9.53 Å². The van der Waals surface area contributed by atoms with Crippen LogP contribution in [-0.2, 0) is 17.0 Å². The molecule has 0 radical (unpaired) electrons. The van der Waals surface area contributed by atoms with Gasteiger partial charge >= 0.3 is 0 Å². The number of nitrogens with one attached hydrogen (secondary N) is 1. The van der Waals surface area contributed by atoms with Gasteiger partial charge in [0.15, 0.2) is 0 Å². The van der Waals surface area contributed by atoms with Crippen LogP contribution in [-0.4, -0.2) is 18.8 Å². The van der Waals surface area contributed by atoms with Crippen LogP contribution >= 0.6 is 11.8 Å². The molecule has 1 N–H and O–H groups in total. The van der Waals surface area contributed by atoms with Crippen LogP contribution in [0.25, 0.3) is 0 Å². The van der Waals surface area contributed by atoms with E-state index in [-0.39, 0.29) is 5.91 Å². The fraction of sp³-hybridized carbons (Fsp3) is 0.278. The van der Waals surface area contributed by atoms with Crippen LogP contribution in [0.3, 0.4) is 0 Å². The molecule has 0 aliphatic rings. The zero-order valence-electron chi connectivity index (χ0n) is 13.0. The minimum absolute atomic E-state index is 0.0411. The highest BCUT2D eigenvalue weighted by Crippen LogP contribution is 2.18. The summed E-state index contributed by atoms with van der Waals surface area (Å²) in [6.07, 6.45) is 0.912. The third-order valence-corrected chi connectivity index (χ3v) is 4.34. The monoisotopic (exact) mass is 315 g/mol. The van der Waals surface area contributed by atoms with Crippen molar-refractivity contribution in [3.8, 4) is 5.75 Å². The van der Waals surface area contributed by atoms with Gasteiger partial charge in [0, 0.05) is 11.4 Å². The largest absolute Gasteiger partial charge is 0.497 e. The molecule has 0 aliphatic carbocycles. The average Bonchev–Trinajstić information content (AvgIpc) is 2.56. The normalized spacial score (nSPS) is 10.3. The molecule has 22 heavy (non-hydrogen) atoms. The minimum atomic E-state index is 0.0411. The van der Waals surface area contributed by atoms with Gasteiger partial charge in [-0.25, -0.2) is 0 Å². The van der Waals surface area contributed by atoms with Gasteiger partial charge in [-0.3, -0.25) is 4.79 Å². The summed E-state index contributed by atoms with van der Waals surface area (Å²) in [5.74, 6) is 2.15. The summed E-state index contributed by atoms with van der Waals surface area (Å²) in [6, 6.07) is 15.9. The second-order valence-electron chi connectivity index (χ2n) is 4.90. The van der Waals surface area contributed by atoms with E-state index in [0.29, 0.717) is 5.75 Å². The number of ether oxygens (including phenoxy) is 1. The molecule has 0 saturated carbocycles. The van der Waals surface area contributed by atoms with Crippen molar-refractivity contribution >= 4 is 23.4 Å². The Morgan fingerprint density at radius 1 is 1.14 bits per heavy atom. The molecule has 2 rings (SSSR count). The maximum Gasteiger partial charge on any atom is 0.234 e. The molecule has 0 spiro atoms. The number of anilines is 1. The lowest BCUT2D eigenvalue weighted by atomic mass is 10.1. The summed E-state index contributed by atoms with van der Waals surface area (Å²) in [4.78, 5) is 12.0. The molecule has 1 amide bonds. The second-order valence-corrected chi connectivity index (χ2v) is 5.89. The summed E-state index contributed by atoms with van der Waals surface area (Å²) in [7, 11) is 1.65. The van der Waals surface area contributed by atoms with Gasteiger partial charge in [0.05, 0.1) is 12.9 Å². The van der Waals surface area contributed by atoms with Crippen molar-refractivity contribution in [3.05, 3.63) is 59.7 Å². The van der Waals surface area contributed by atoms with Gasteiger partial charge < -0.3 is 10.1 Å². The highest BCUT2D eigenvalue weighted by Gasteiger charge is 2.06. The number of rotatable bonds is 7. The maximum atomic E-state index is 12.0. The van der Waals surface area contributed by atoms with Crippen LogP contribution in [0.1, 0.15) is 18.1 Å². The predicted octanol–water partition coefficient (Wildman–Crippen LogP) is 4.13. The zero-order chi connectivity index (χ0) is 15.8. The zero-order valence-corrected chi connectivity index (χ0v) is 13.8. The third-order valence-electron chi connectivity index (χ3n) is 3.33. The molecule has 2 aromatic rings. The fourth-order valence-electron chi connectivity index (χ4n) is 2.12. The number of carbonyl (C=O) groups excluding carboxylic acids is 1. The lowest BCUT2D eigenvalue weighted by Crippen LogP contribution is -2.15. The van der Waals surface area contributed by atoms with E-state index in [1.165, 1.54) is 5.56 Å². The van der Waals surface area contributed by atoms with Gasteiger partial charge in [-0.15, -0.1) is 11.8 Å². The number of benzene rings is 2. The lowest BCUT2D eigenvalue weighted by Gasteiger charge is -2.09. The van der Waals surface area contributed by atoms with Crippen LogP contribution in [0.2, 0.25) is 0 Å². The molecule has 0 aliphatic heterocycles. The average molecular weight is 315 g/mol. The summed E-state index contributed by atoms with van der Waals surface area (Å²) < 4.78 is 5.13. The molecule has 116 valence electrons. The highest BCUT2D eigenvalue weighted by atomic mass is 32.2. The molecular weight excluding hydrogens is 294 g/mol. The molecule has 3 nitrogen and oxygen atoms in total. The number of aryl methyl sites for hydroxylation is 1. The number of para-hydroxylation sites is 1. The van der Waals surface area contributed by atoms with Crippen LogP contribution in [0.4, 0.5) is 5.69 Å². The van der Waals surface area contributed by atoms with Gasteiger partial charge in [-0.05, 0) is 35.7 Å². The van der Waals surface area contributed by atoms with E-state index in [9.17, 15) is 4.79 Å². The third kappa shape index (κ3) is 4.81. The van der Waals surface area contributed by atoms with Crippen LogP contribution < -0.4 is 10.1 Å². The molecule has 0 saturated heterocycles. The van der Waals surface area contributed by atoms with Crippen LogP contribution in [0.5, 0.6) is 5.75 Å². The molecular formula is C18H21NO2S.